The van der Waals surface area contributed by atoms with Gasteiger partial charge in [0.2, 0.25) is 0 Å². The van der Waals surface area contributed by atoms with Crippen molar-refractivity contribution >= 4 is 10.9 Å². The van der Waals surface area contributed by atoms with Gasteiger partial charge in [0, 0.05) is 30.3 Å². The van der Waals surface area contributed by atoms with Crippen molar-refractivity contribution in [2.45, 2.75) is 19.8 Å². The monoisotopic (exact) mass is 233 g/mol. The van der Waals surface area contributed by atoms with Crippen molar-refractivity contribution in [1.82, 2.24) is 4.57 Å². The molecule has 0 atom stereocenters. The number of phenols is 2. The molecule has 4 heteroatoms. The third-order valence-electron chi connectivity index (χ3n) is 2.93. The smallest absolute Gasteiger partial charge is 0.192 e. The molecule has 0 aliphatic rings. The van der Waals surface area contributed by atoms with Gasteiger partial charge in [-0.3, -0.25) is 4.79 Å². The summed E-state index contributed by atoms with van der Waals surface area (Å²) in [5.41, 5.74) is 1.21. The highest BCUT2D eigenvalue weighted by molar-refractivity contribution is 5.83. The summed E-state index contributed by atoms with van der Waals surface area (Å²) in [6, 6.07) is 2.72. The lowest BCUT2D eigenvalue weighted by atomic mass is 10.0. The van der Waals surface area contributed by atoms with Gasteiger partial charge in [-0.2, -0.15) is 0 Å². The Balaban J connectivity index is 2.94. The van der Waals surface area contributed by atoms with E-state index in [1.54, 1.807) is 10.8 Å². The predicted molar refractivity (Wildman–Crippen MR) is 66.6 cm³/mol. The summed E-state index contributed by atoms with van der Waals surface area (Å²) in [5, 5.41) is 19.3. The largest absolute Gasteiger partial charge is 0.504 e. The van der Waals surface area contributed by atoms with E-state index in [1.807, 2.05) is 20.9 Å². The zero-order valence-corrected chi connectivity index (χ0v) is 10.1. The van der Waals surface area contributed by atoms with E-state index >= 15 is 0 Å². The topological polar surface area (TPSA) is 62.5 Å². The average Bonchev–Trinajstić information content (AvgIpc) is 2.25. The molecule has 0 amide bonds. The van der Waals surface area contributed by atoms with Crippen molar-refractivity contribution in [2.24, 2.45) is 7.05 Å². The van der Waals surface area contributed by atoms with Crippen LogP contribution < -0.4 is 5.43 Å². The highest BCUT2D eigenvalue weighted by atomic mass is 16.3. The lowest BCUT2D eigenvalue weighted by Gasteiger charge is -2.12. The summed E-state index contributed by atoms with van der Waals surface area (Å²) >= 11 is 0. The Labute approximate surface area is 98.8 Å². The predicted octanol–water partition coefficient (Wildman–Crippen LogP) is 2.07. The maximum absolute atomic E-state index is 12.2. The number of aromatic hydroxyl groups is 2. The van der Waals surface area contributed by atoms with Gasteiger partial charge in [0.05, 0.1) is 5.52 Å². The molecule has 0 saturated carbocycles. The lowest BCUT2D eigenvalue weighted by Crippen LogP contribution is -2.14. The Hall–Kier alpha value is -1.97. The fourth-order valence-corrected chi connectivity index (χ4v) is 1.94. The molecule has 0 fully saturated rings. The molecule has 0 aliphatic carbocycles. The fourth-order valence-electron chi connectivity index (χ4n) is 1.94. The number of aryl methyl sites for hydroxylation is 1. The number of benzene rings is 1. The minimum absolute atomic E-state index is 0.0941. The van der Waals surface area contributed by atoms with Crippen LogP contribution in [0.3, 0.4) is 0 Å². The minimum atomic E-state index is -0.268. The molecule has 0 spiro atoms. The normalized spacial score (nSPS) is 11.3. The Bertz CT molecular complexity index is 641. The van der Waals surface area contributed by atoms with Crippen molar-refractivity contribution < 1.29 is 10.2 Å². The Kier molecular flexibility index (Phi) is 2.58. The molecule has 0 saturated heterocycles. The molecule has 1 heterocycles. The van der Waals surface area contributed by atoms with E-state index in [9.17, 15) is 15.0 Å². The minimum Gasteiger partial charge on any atom is -0.504 e. The highest BCUT2D eigenvalue weighted by Crippen LogP contribution is 2.29. The maximum Gasteiger partial charge on any atom is 0.192 e. The molecule has 0 radical (unpaired) electrons. The average molecular weight is 233 g/mol. The second-order valence-corrected chi connectivity index (χ2v) is 4.54. The van der Waals surface area contributed by atoms with E-state index in [-0.39, 0.29) is 22.8 Å². The van der Waals surface area contributed by atoms with Gasteiger partial charge < -0.3 is 14.8 Å². The summed E-state index contributed by atoms with van der Waals surface area (Å²) in [6.07, 6.45) is 1.77. The number of pyridine rings is 1. The Morgan fingerprint density at radius 2 is 1.76 bits per heavy atom. The Morgan fingerprint density at radius 1 is 1.18 bits per heavy atom. The van der Waals surface area contributed by atoms with E-state index < -0.39 is 0 Å². The van der Waals surface area contributed by atoms with E-state index in [0.29, 0.717) is 16.5 Å². The first kappa shape index (κ1) is 11.5. The number of phenolic OH excluding ortho intramolecular Hbond substituents is 2. The molecule has 0 aliphatic heterocycles. The van der Waals surface area contributed by atoms with Gasteiger partial charge in [0.1, 0.15) is 0 Å². The van der Waals surface area contributed by atoms with Crippen molar-refractivity contribution in [3.05, 3.63) is 34.1 Å². The van der Waals surface area contributed by atoms with Gasteiger partial charge >= 0.3 is 0 Å². The number of fused-ring (bicyclic) bond motifs is 1. The van der Waals surface area contributed by atoms with Crippen LogP contribution in [0.15, 0.2) is 23.1 Å². The van der Waals surface area contributed by atoms with E-state index in [0.717, 1.165) is 0 Å². The summed E-state index contributed by atoms with van der Waals surface area (Å²) < 4.78 is 1.78. The van der Waals surface area contributed by atoms with E-state index in [1.165, 1.54) is 12.1 Å². The second kappa shape index (κ2) is 3.80. The van der Waals surface area contributed by atoms with Crippen LogP contribution in [0.1, 0.15) is 25.3 Å². The first-order valence-corrected chi connectivity index (χ1v) is 5.47. The van der Waals surface area contributed by atoms with Crippen molar-refractivity contribution in [1.29, 1.82) is 0 Å². The van der Waals surface area contributed by atoms with Gasteiger partial charge in [-0.1, -0.05) is 13.8 Å². The molecule has 17 heavy (non-hydrogen) atoms. The molecule has 1 aromatic carbocycles. The number of hydrogen-bond acceptors (Lipinski definition) is 3. The van der Waals surface area contributed by atoms with E-state index in [4.69, 9.17) is 0 Å². The van der Waals surface area contributed by atoms with Gasteiger partial charge in [-0.25, -0.2) is 0 Å². The molecule has 4 nitrogen and oxygen atoms in total. The van der Waals surface area contributed by atoms with Gasteiger partial charge in [-0.15, -0.1) is 0 Å². The molecule has 1 aromatic heterocycles. The van der Waals surface area contributed by atoms with Gasteiger partial charge in [-0.05, 0) is 12.0 Å². The molecule has 0 unspecified atom stereocenters. The van der Waals surface area contributed by atoms with Crippen LogP contribution in [0.25, 0.3) is 10.9 Å². The third kappa shape index (κ3) is 1.75. The summed E-state index contributed by atoms with van der Waals surface area (Å²) in [5.74, 6) is -0.366. The van der Waals surface area contributed by atoms with Crippen molar-refractivity contribution in [3.8, 4) is 11.5 Å². The lowest BCUT2D eigenvalue weighted by molar-refractivity contribution is 0.404. The second-order valence-electron chi connectivity index (χ2n) is 4.54. The van der Waals surface area contributed by atoms with Crippen molar-refractivity contribution in [2.75, 3.05) is 0 Å². The van der Waals surface area contributed by atoms with Crippen LogP contribution in [-0.2, 0) is 7.05 Å². The van der Waals surface area contributed by atoms with Crippen molar-refractivity contribution in [3.63, 3.8) is 0 Å². The van der Waals surface area contributed by atoms with E-state index in [2.05, 4.69) is 0 Å². The first-order valence-electron chi connectivity index (χ1n) is 5.47. The van der Waals surface area contributed by atoms with Crippen LogP contribution >= 0.6 is 0 Å². The molecular weight excluding hydrogens is 218 g/mol. The van der Waals surface area contributed by atoms with Gasteiger partial charge in [0.25, 0.3) is 0 Å². The number of aromatic nitrogens is 1. The molecule has 2 aromatic rings. The molecular formula is C13H15NO3. The SMILES string of the molecule is CC(C)c1cn(C)c2cc(O)c(O)cc2c1=O. The molecule has 2 N–H and O–H groups in total. The quantitative estimate of drug-likeness (QED) is 0.741. The van der Waals surface area contributed by atoms with Crippen LogP contribution in [0.4, 0.5) is 0 Å². The molecule has 0 bridgehead atoms. The van der Waals surface area contributed by atoms with Crippen LogP contribution in [0, 0.1) is 0 Å². The zero-order chi connectivity index (χ0) is 12.7. The Morgan fingerprint density at radius 3 is 2.35 bits per heavy atom. The standard InChI is InChI=1S/C13H15NO3/c1-7(2)9-6-14(3)10-5-12(16)11(15)4-8(10)13(9)17/h4-7,15-16H,1-3H3. The number of hydrogen-bond donors (Lipinski definition) is 2. The third-order valence-corrected chi connectivity index (χ3v) is 2.93. The maximum atomic E-state index is 12.2. The van der Waals surface area contributed by atoms with Crippen LogP contribution in [0.5, 0.6) is 11.5 Å². The van der Waals surface area contributed by atoms with Crippen LogP contribution in [-0.4, -0.2) is 14.8 Å². The first-order chi connectivity index (χ1) is 7.91. The highest BCUT2D eigenvalue weighted by Gasteiger charge is 2.12. The van der Waals surface area contributed by atoms with Crippen LogP contribution in [0.2, 0.25) is 0 Å². The molecule has 2 rings (SSSR count). The fraction of sp³-hybridized carbons (Fsp3) is 0.308. The zero-order valence-electron chi connectivity index (χ0n) is 10.1. The number of nitrogens with zero attached hydrogens (tertiary/aromatic N) is 1. The summed E-state index contributed by atoms with van der Waals surface area (Å²) in [7, 11) is 1.81. The van der Waals surface area contributed by atoms with Gasteiger partial charge in [0.15, 0.2) is 16.9 Å². The summed E-state index contributed by atoms with van der Waals surface area (Å²) in [4.78, 5) is 12.2. The summed E-state index contributed by atoms with van der Waals surface area (Å²) in [6.45, 7) is 3.89. The number of rotatable bonds is 1. The molecule has 90 valence electrons.